The highest BCUT2D eigenvalue weighted by atomic mass is 16.6. The fourth-order valence-electron chi connectivity index (χ4n) is 1.89. The van der Waals surface area contributed by atoms with Crippen LogP contribution in [0.15, 0.2) is 18.2 Å². The average Bonchev–Trinajstić information content (AvgIpc) is 2.36. The van der Waals surface area contributed by atoms with E-state index in [1.807, 2.05) is 19.1 Å². The van der Waals surface area contributed by atoms with Gasteiger partial charge in [-0.05, 0) is 59.6 Å². The first kappa shape index (κ1) is 19.8. The second-order valence-corrected chi connectivity index (χ2v) is 7.69. The predicted molar refractivity (Wildman–Crippen MR) is 93.6 cm³/mol. The maximum Gasteiger partial charge on any atom is 0.420 e. The number of imide groups is 1. The number of rotatable bonds is 2. The number of nitrogens with zero attached hydrogens (tertiary/aromatic N) is 1. The summed E-state index contributed by atoms with van der Waals surface area (Å²) in [5.74, 6) is 0. The molecule has 0 heterocycles. The van der Waals surface area contributed by atoms with E-state index >= 15 is 0 Å². The number of carbonyl (C=O) groups is 2. The molecule has 134 valence electrons. The molecule has 2 N–H and O–H groups in total. The van der Waals surface area contributed by atoms with Crippen LogP contribution in [0.4, 0.5) is 15.3 Å². The summed E-state index contributed by atoms with van der Waals surface area (Å²) in [6.07, 6.45) is -1.53. The first-order valence-electron chi connectivity index (χ1n) is 7.87. The number of hydrogen-bond donors (Lipinski definition) is 1. The van der Waals surface area contributed by atoms with Gasteiger partial charge in [-0.15, -0.1) is 0 Å². The summed E-state index contributed by atoms with van der Waals surface area (Å²) in [7, 11) is 0. The highest BCUT2D eigenvalue weighted by molar-refractivity contribution is 5.88. The summed E-state index contributed by atoms with van der Waals surface area (Å²) < 4.78 is 10.6. The SMILES string of the molecule is Cc1cccc(CN(C(=O)OC(C)(C)C)C(=O)OC(C)(C)C)c1N. The minimum atomic E-state index is -0.766. The molecule has 0 aliphatic rings. The average molecular weight is 336 g/mol. The summed E-state index contributed by atoms with van der Waals surface area (Å²) in [5, 5.41) is 0. The first-order chi connectivity index (χ1) is 10.8. The van der Waals surface area contributed by atoms with Gasteiger partial charge in [0.1, 0.15) is 11.2 Å². The summed E-state index contributed by atoms with van der Waals surface area (Å²) in [5.41, 5.74) is 6.67. The Hall–Kier alpha value is -2.24. The van der Waals surface area contributed by atoms with E-state index < -0.39 is 23.4 Å². The van der Waals surface area contributed by atoms with E-state index in [1.54, 1.807) is 47.6 Å². The number of aryl methyl sites for hydroxylation is 1. The number of ether oxygens (including phenoxy) is 2. The van der Waals surface area contributed by atoms with Crippen LogP contribution in [0.2, 0.25) is 0 Å². The molecule has 0 aliphatic carbocycles. The summed E-state index contributed by atoms with van der Waals surface area (Å²) in [6.45, 7) is 12.3. The number of hydrogen-bond acceptors (Lipinski definition) is 5. The predicted octanol–water partition coefficient (Wildman–Crippen LogP) is 4.25. The topological polar surface area (TPSA) is 81.9 Å². The van der Waals surface area contributed by atoms with Crippen LogP contribution in [-0.2, 0) is 16.0 Å². The number of nitrogen functional groups attached to an aromatic ring is 1. The van der Waals surface area contributed by atoms with Crippen LogP contribution in [0, 0.1) is 6.92 Å². The zero-order valence-corrected chi connectivity index (χ0v) is 15.6. The van der Waals surface area contributed by atoms with Crippen LogP contribution >= 0.6 is 0 Å². The van der Waals surface area contributed by atoms with E-state index in [0.717, 1.165) is 10.5 Å². The van der Waals surface area contributed by atoms with Crippen LogP contribution in [0.1, 0.15) is 52.7 Å². The lowest BCUT2D eigenvalue weighted by molar-refractivity contribution is -0.000200. The molecular weight excluding hydrogens is 308 g/mol. The van der Waals surface area contributed by atoms with E-state index in [4.69, 9.17) is 15.2 Å². The van der Waals surface area contributed by atoms with Crippen LogP contribution in [0.25, 0.3) is 0 Å². The normalized spacial score (nSPS) is 11.8. The van der Waals surface area contributed by atoms with E-state index in [2.05, 4.69) is 0 Å². The third-order valence-corrected chi connectivity index (χ3v) is 2.97. The van der Waals surface area contributed by atoms with Gasteiger partial charge in [0.25, 0.3) is 0 Å². The summed E-state index contributed by atoms with van der Waals surface area (Å²) in [6, 6.07) is 5.46. The molecule has 6 heteroatoms. The van der Waals surface area contributed by atoms with Crippen molar-refractivity contribution in [2.75, 3.05) is 5.73 Å². The molecule has 0 saturated carbocycles. The smallest absolute Gasteiger partial charge is 0.420 e. The lowest BCUT2D eigenvalue weighted by Crippen LogP contribution is -2.43. The fourth-order valence-corrected chi connectivity index (χ4v) is 1.89. The van der Waals surface area contributed by atoms with Crippen molar-refractivity contribution >= 4 is 17.9 Å². The molecule has 1 rings (SSSR count). The van der Waals surface area contributed by atoms with Crippen molar-refractivity contribution in [1.29, 1.82) is 0 Å². The van der Waals surface area contributed by atoms with Gasteiger partial charge in [-0.3, -0.25) is 0 Å². The van der Waals surface area contributed by atoms with Gasteiger partial charge in [0.15, 0.2) is 0 Å². The molecule has 0 saturated heterocycles. The Balaban J connectivity index is 3.11. The molecule has 0 aliphatic heterocycles. The Morgan fingerprint density at radius 1 is 1.00 bits per heavy atom. The Labute approximate surface area is 143 Å². The highest BCUT2D eigenvalue weighted by Crippen LogP contribution is 2.21. The zero-order chi connectivity index (χ0) is 18.7. The Morgan fingerprint density at radius 2 is 1.46 bits per heavy atom. The molecule has 6 nitrogen and oxygen atoms in total. The lowest BCUT2D eigenvalue weighted by Gasteiger charge is -2.29. The lowest BCUT2D eigenvalue weighted by atomic mass is 10.1. The molecule has 2 amide bonds. The van der Waals surface area contributed by atoms with Crippen LogP contribution < -0.4 is 5.73 Å². The maximum atomic E-state index is 12.4. The summed E-state index contributed by atoms with van der Waals surface area (Å²) in [4.78, 5) is 25.8. The van der Waals surface area contributed by atoms with Crippen LogP contribution in [0.3, 0.4) is 0 Å². The number of anilines is 1. The zero-order valence-electron chi connectivity index (χ0n) is 15.6. The van der Waals surface area contributed by atoms with Gasteiger partial charge in [0.2, 0.25) is 0 Å². The molecule has 0 spiro atoms. The molecule has 0 bridgehead atoms. The van der Waals surface area contributed by atoms with Crippen molar-refractivity contribution in [2.24, 2.45) is 0 Å². The monoisotopic (exact) mass is 336 g/mol. The second kappa shape index (κ2) is 7.11. The number of amides is 2. The van der Waals surface area contributed by atoms with Crippen molar-refractivity contribution < 1.29 is 19.1 Å². The van der Waals surface area contributed by atoms with Gasteiger partial charge in [-0.2, -0.15) is 0 Å². The minimum absolute atomic E-state index is 0.0165. The highest BCUT2D eigenvalue weighted by Gasteiger charge is 2.31. The molecule has 0 unspecified atom stereocenters. The largest absolute Gasteiger partial charge is 0.443 e. The van der Waals surface area contributed by atoms with Gasteiger partial charge < -0.3 is 15.2 Å². The quantitative estimate of drug-likeness (QED) is 0.816. The molecule has 0 radical (unpaired) electrons. The van der Waals surface area contributed by atoms with Gasteiger partial charge in [-0.25, -0.2) is 14.5 Å². The number of nitrogens with two attached hydrogens (primary N) is 1. The van der Waals surface area contributed by atoms with Crippen molar-refractivity contribution in [3.05, 3.63) is 29.3 Å². The summed E-state index contributed by atoms with van der Waals surface area (Å²) >= 11 is 0. The Bertz CT molecular complexity index is 584. The van der Waals surface area contributed by atoms with Crippen molar-refractivity contribution in [1.82, 2.24) is 4.90 Å². The van der Waals surface area contributed by atoms with Crippen LogP contribution in [-0.4, -0.2) is 28.3 Å². The third kappa shape index (κ3) is 6.10. The molecule has 0 atom stereocenters. The van der Waals surface area contributed by atoms with Gasteiger partial charge in [0, 0.05) is 5.69 Å². The van der Waals surface area contributed by atoms with E-state index in [1.165, 1.54) is 0 Å². The standard InChI is InChI=1S/C18H28N2O4/c1-12-9-8-10-13(14(12)19)11-20(15(21)23-17(2,3)4)16(22)24-18(5,6)7/h8-10H,11,19H2,1-7H3. The fraction of sp³-hybridized carbons (Fsp3) is 0.556. The van der Waals surface area contributed by atoms with E-state index in [-0.39, 0.29) is 6.54 Å². The van der Waals surface area contributed by atoms with Crippen molar-refractivity contribution in [2.45, 2.75) is 66.2 Å². The van der Waals surface area contributed by atoms with Crippen molar-refractivity contribution in [3.8, 4) is 0 Å². The Morgan fingerprint density at radius 3 is 1.88 bits per heavy atom. The Kier molecular flexibility index (Phi) is 5.87. The third-order valence-electron chi connectivity index (χ3n) is 2.97. The molecule has 0 fully saturated rings. The van der Waals surface area contributed by atoms with E-state index in [9.17, 15) is 9.59 Å². The minimum Gasteiger partial charge on any atom is -0.443 e. The van der Waals surface area contributed by atoms with Gasteiger partial charge in [-0.1, -0.05) is 18.2 Å². The molecule has 1 aromatic rings. The van der Waals surface area contributed by atoms with Crippen LogP contribution in [0.5, 0.6) is 0 Å². The second-order valence-electron chi connectivity index (χ2n) is 7.69. The number of para-hydroxylation sites is 1. The first-order valence-corrected chi connectivity index (χ1v) is 7.87. The molecule has 24 heavy (non-hydrogen) atoms. The maximum absolute atomic E-state index is 12.4. The van der Waals surface area contributed by atoms with Gasteiger partial charge >= 0.3 is 12.2 Å². The number of benzene rings is 1. The van der Waals surface area contributed by atoms with Gasteiger partial charge in [0.05, 0.1) is 6.54 Å². The molecular formula is C18H28N2O4. The molecule has 1 aromatic carbocycles. The van der Waals surface area contributed by atoms with Crippen molar-refractivity contribution in [3.63, 3.8) is 0 Å². The molecule has 0 aromatic heterocycles. The van der Waals surface area contributed by atoms with E-state index in [0.29, 0.717) is 11.3 Å². The number of carbonyl (C=O) groups excluding carboxylic acids is 2.